The summed E-state index contributed by atoms with van der Waals surface area (Å²) in [7, 11) is 3.78. The van der Waals surface area contributed by atoms with Gasteiger partial charge in [0.05, 0.1) is 13.2 Å². The highest BCUT2D eigenvalue weighted by molar-refractivity contribution is 14.0. The maximum atomic E-state index is 5.38. The summed E-state index contributed by atoms with van der Waals surface area (Å²) in [5, 5.41) is 3.15. The van der Waals surface area contributed by atoms with Crippen molar-refractivity contribution in [3.63, 3.8) is 0 Å². The van der Waals surface area contributed by atoms with E-state index in [2.05, 4.69) is 20.1 Å². The first-order valence-electron chi connectivity index (χ1n) is 6.06. The van der Waals surface area contributed by atoms with Gasteiger partial charge in [-0.2, -0.15) is 0 Å². The molecule has 1 unspecified atom stereocenters. The summed E-state index contributed by atoms with van der Waals surface area (Å²) in [6.45, 7) is 6.13. The minimum Gasteiger partial charge on any atom is -0.379 e. The molecule has 0 aromatic heterocycles. The van der Waals surface area contributed by atoms with Crippen LogP contribution in [-0.4, -0.2) is 75.3 Å². The van der Waals surface area contributed by atoms with E-state index >= 15 is 0 Å². The summed E-state index contributed by atoms with van der Waals surface area (Å²) in [6.07, 6.45) is 1.24. The Morgan fingerprint density at radius 1 is 1.29 bits per heavy atom. The number of nitrogens with one attached hydrogen (secondary N) is 1. The molecule has 100 valence electrons. The number of morpholine rings is 1. The molecule has 2 aliphatic heterocycles. The van der Waals surface area contributed by atoms with Crippen LogP contribution in [-0.2, 0) is 4.74 Å². The molecule has 2 fully saturated rings. The Balaban J connectivity index is 0.00000144. The van der Waals surface area contributed by atoms with Crippen molar-refractivity contribution < 1.29 is 4.74 Å². The van der Waals surface area contributed by atoms with Gasteiger partial charge in [0.1, 0.15) is 0 Å². The SMILES string of the molecule is CN=C(NC)N1CCC(N2CCOCC2)C1.I. The summed E-state index contributed by atoms with van der Waals surface area (Å²) in [5.41, 5.74) is 0. The van der Waals surface area contributed by atoms with Gasteiger partial charge in [0.25, 0.3) is 0 Å². The average molecular weight is 354 g/mol. The monoisotopic (exact) mass is 354 g/mol. The smallest absolute Gasteiger partial charge is 0.193 e. The van der Waals surface area contributed by atoms with E-state index in [0.717, 1.165) is 45.4 Å². The van der Waals surface area contributed by atoms with Crippen LogP contribution in [0.2, 0.25) is 0 Å². The molecule has 0 aliphatic carbocycles. The summed E-state index contributed by atoms with van der Waals surface area (Å²) in [5.74, 6) is 1.01. The lowest BCUT2D eigenvalue weighted by Gasteiger charge is -2.32. The van der Waals surface area contributed by atoms with Crippen molar-refractivity contribution in [3.05, 3.63) is 0 Å². The first-order chi connectivity index (χ1) is 7.85. The Hall–Kier alpha value is -0.0800. The Labute approximate surface area is 121 Å². The predicted molar refractivity (Wildman–Crippen MR) is 80.2 cm³/mol. The van der Waals surface area contributed by atoms with Crippen LogP contribution >= 0.6 is 24.0 Å². The lowest BCUT2D eigenvalue weighted by Crippen LogP contribution is -2.46. The topological polar surface area (TPSA) is 40.1 Å². The standard InChI is InChI=1S/C11H22N4O.HI/c1-12-11(13-2)15-4-3-10(9-15)14-5-7-16-8-6-14;/h10H,3-9H2,1-2H3,(H,12,13);1H. The third-order valence-electron chi connectivity index (χ3n) is 3.46. The van der Waals surface area contributed by atoms with Crippen molar-refractivity contribution in [3.8, 4) is 0 Å². The van der Waals surface area contributed by atoms with Gasteiger partial charge >= 0.3 is 0 Å². The van der Waals surface area contributed by atoms with E-state index in [1.807, 2.05) is 14.1 Å². The molecule has 1 atom stereocenters. The van der Waals surface area contributed by atoms with Gasteiger partial charge in [-0.1, -0.05) is 0 Å². The zero-order chi connectivity index (χ0) is 11.4. The second-order valence-electron chi connectivity index (χ2n) is 4.33. The van der Waals surface area contributed by atoms with Gasteiger partial charge in [-0.25, -0.2) is 0 Å². The summed E-state index contributed by atoms with van der Waals surface area (Å²) in [4.78, 5) is 9.14. The number of rotatable bonds is 1. The minimum absolute atomic E-state index is 0. The molecule has 0 bridgehead atoms. The fourth-order valence-corrected chi connectivity index (χ4v) is 2.59. The van der Waals surface area contributed by atoms with Gasteiger partial charge in [0, 0.05) is 46.3 Å². The van der Waals surface area contributed by atoms with Crippen molar-refractivity contribution in [2.45, 2.75) is 12.5 Å². The molecule has 2 heterocycles. The van der Waals surface area contributed by atoms with Crippen LogP contribution in [0, 0.1) is 0 Å². The van der Waals surface area contributed by atoms with Crippen LogP contribution in [0.15, 0.2) is 4.99 Å². The lowest BCUT2D eigenvalue weighted by atomic mass is 10.2. The molecule has 6 heteroatoms. The van der Waals surface area contributed by atoms with Crippen LogP contribution < -0.4 is 5.32 Å². The lowest BCUT2D eigenvalue weighted by molar-refractivity contribution is 0.0195. The Morgan fingerprint density at radius 3 is 2.59 bits per heavy atom. The highest BCUT2D eigenvalue weighted by Gasteiger charge is 2.29. The Bertz CT molecular complexity index is 256. The molecule has 5 nitrogen and oxygen atoms in total. The van der Waals surface area contributed by atoms with Crippen molar-refractivity contribution in [1.29, 1.82) is 0 Å². The normalized spacial score (nSPS) is 26.8. The second-order valence-corrected chi connectivity index (χ2v) is 4.33. The fourth-order valence-electron chi connectivity index (χ4n) is 2.59. The van der Waals surface area contributed by atoms with E-state index in [-0.39, 0.29) is 24.0 Å². The van der Waals surface area contributed by atoms with Crippen LogP contribution in [0.4, 0.5) is 0 Å². The molecule has 2 rings (SSSR count). The maximum Gasteiger partial charge on any atom is 0.193 e. The maximum absolute atomic E-state index is 5.38. The largest absolute Gasteiger partial charge is 0.379 e. The van der Waals surface area contributed by atoms with Crippen molar-refractivity contribution in [1.82, 2.24) is 15.1 Å². The number of nitrogens with zero attached hydrogens (tertiary/aromatic N) is 3. The van der Waals surface area contributed by atoms with E-state index in [1.165, 1.54) is 6.42 Å². The van der Waals surface area contributed by atoms with Crippen LogP contribution in [0.5, 0.6) is 0 Å². The first kappa shape index (κ1) is 15.0. The molecule has 0 amide bonds. The molecule has 0 spiro atoms. The summed E-state index contributed by atoms with van der Waals surface area (Å²) in [6, 6.07) is 0.675. The molecule has 0 aromatic rings. The van der Waals surface area contributed by atoms with Gasteiger partial charge in [-0.15, -0.1) is 24.0 Å². The molecule has 0 saturated carbocycles. The Morgan fingerprint density at radius 2 is 2.00 bits per heavy atom. The number of aliphatic imine (C=N–C) groups is 1. The highest BCUT2D eigenvalue weighted by atomic mass is 127. The summed E-state index contributed by atoms with van der Waals surface area (Å²) >= 11 is 0. The number of hydrogen-bond acceptors (Lipinski definition) is 3. The molecule has 0 radical (unpaired) electrons. The molecular weight excluding hydrogens is 331 g/mol. The molecule has 0 aromatic carbocycles. The molecule has 17 heavy (non-hydrogen) atoms. The minimum atomic E-state index is 0. The van der Waals surface area contributed by atoms with E-state index < -0.39 is 0 Å². The van der Waals surface area contributed by atoms with Crippen molar-refractivity contribution in [2.24, 2.45) is 4.99 Å². The van der Waals surface area contributed by atoms with E-state index in [9.17, 15) is 0 Å². The predicted octanol–water partition coefficient (Wildman–Crippen LogP) is 0.216. The van der Waals surface area contributed by atoms with E-state index in [1.54, 1.807) is 0 Å². The van der Waals surface area contributed by atoms with Crippen LogP contribution in [0.3, 0.4) is 0 Å². The quantitative estimate of drug-likeness (QED) is 0.416. The van der Waals surface area contributed by atoms with E-state index in [0.29, 0.717) is 6.04 Å². The first-order valence-corrected chi connectivity index (χ1v) is 6.06. The zero-order valence-corrected chi connectivity index (χ0v) is 13.0. The Kier molecular flexibility index (Phi) is 6.50. The second kappa shape index (κ2) is 7.38. The van der Waals surface area contributed by atoms with Crippen molar-refractivity contribution >= 4 is 29.9 Å². The van der Waals surface area contributed by atoms with Crippen LogP contribution in [0.25, 0.3) is 0 Å². The summed E-state index contributed by atoms with van der Waals surface area (Å²) < 4.78 is 5.38. The van der Waals surface area contributed by atoms with Gasteiger partial charge < -0.3 is 15.0 Å². The molecule has 2 saturated heterocycles. The third kappa shape index (κ3) is 3.69. The van der Waals surface area contributed by atoms with Crippen molar-refractivity contribution in [2.75, 3.05) is 53.5 Å². The molecular formula is C11H23IN4O. The van der Waals surface area contributed by atoms with Gasteiger partial charge in [0.2, 0.25) is 0 Å². The number of likely N-dealkylation sites (tertiary alicyclic amines) is 1. The van der Waals surface area contributed by atoms with Crippen LogP contribution in [0.1, 0.15) is 6.42 Å². The number of halogens is 1. The van der Waals surface area contributed by atoms with Gasteiger partial charge in [-0.05, 0) is 6.42 Å². The highest BCUT2D eigenvalue weighted by Crippen LogP contribution is 2.16. The third-order valence-corrected chi connectivity index (χ3v) is 3.46. The number of ether oxygens (including phenoxy) is 1. The van der Waals surface area contributed by atoms with E-state index in [4.69, 9.17) is 4.74 Å². The molecule has 1 N–H and O–H groups in total. The van der Waals surface area contributed by atoms with Gasteiger partial charge in [0.15, 0.2) is 5.96 Å². The fraction of sp³-hybridized carbons (Fsp3) is 0.909. The number of hydrogen-bond donors (Lipinski definition) is 1. The zero-order valence-electron chi connectivity index (χ0n) is 10.7. The average Bonchev–Trinajstić information content (AvgIpc) is 2.81. The molecule has 2 aliphatic rings. The van der Waals surface area contributed by atoms with Gasteiger partial charge in [-0.3, -0.25) is 9.89 Å². The number of guanidine groups is 1.